The van der Waals surface area contributed by atoms with Crippen molar-refractivity contribution in [2.75, 3.05) is 14.2 Å². The number of hydrogen-bond acceptors (Lipinski definition) is 5. The Balaban J connectivity index is 1.65. The molecule has 0 amide bonds. The Kier molecular flexibility index (Phi) is 5.03. The Morgan fingerprint density at radius 3 is 2.48 bits per heavy atom. The second-order valence-corrected chi connectivity index (χ2v) is 6.85. The molecule has 29 heavy (non-hydrogen) atoms. The van der Waals surface area contributed by atoms with Crippen molar-refractivity contribution in [1.29, 1.82) is 0 Å². The number of nitrogens with zero attached hydrogens (tertiary/aromatic N) is 3. The third-order valence-electron chi connectivity index (χ3n) is 5.02. The molecule has 0 saturated carbocycles. The van der Waals surface area contributed by atoms with E-state index in [1.54, 1.807) is 31.3 Å². The average molecular weight is 390 g/mol. The molecular formula is C22H22N4O3. The molecular weight excluding hydrogens is 368 g/mol. The first-order valence-electron chi connectivity index (χ1n) is 9.30. The van der Waals surface area contributed by atoms with Crippen LogP contribution in [0.2, 0.25) is 0 Å². The zero-order chi connectivity index (χ0) is 20.4. The Hall–Kier alpha value is -3.61. The highest BCUT2D eigenvalue weighted by molar-refractivity contribution is 5.83. The molecule has 1 N–H and O–H groups in total. The van der Waals surface area contributed by atoms with E-state index in [1.165, 1.54) is 0 Å². The molecule has 0 aliphatic carbocycles. The molecule has 0 atom stereocenters. The van der Waals surface area contributed by atoms with Crippen molar-refractivity contribution in [2.24, 2.45) is 0 Å². The summed E-state index contributed by atoms with van der Waals surface area (Å²) in [5, 5.41) is 7.59. The number of methoxy groups -OCH3 is 2. The number of aryl methyl sites for hydroxylation is 3. The summed E-state index contributed by atoms with van der Waals surface area (Å²) in [7, 11) is 3.24. The fourth-order valence-electron chi connectivity index (χ4n) is 3.39. The number of nitrogens with one attached hydrogen (secondary N) is 1. The summed E-state index contributed by atoms with van der Waals surface area (Å²) in [5.74, 6) is 1.45. The second-order valence-electron chi connectivity index (χ2n) is 6.85. The SMILES string of the molecule is COc1cc(CCn2cnc3ccc(-c4cn[nH]c4C)cc3c2=O)cc(OC)c1. The van der Waals surface area contributed by atoms with Crippen LogP contribution in [0.4, 0.5) is 0 Å². The molecule has 2 heterocycles. The van der Waals surface area contributed by atoms with E-state index in [0.717, 1.165) is 33.9 Å². The molecule has 7 nitrogen and oxygen atoms in total. The highest BCUT2D eigenvalue weighted by Crippen LogP contribution is 2.24. The summed E-state index contributed by atoms with van der Waals surface area (Å²) < 4.78 is 12.3. The molecule has 0 fully saturated rings. The van der Waals surface area contributed by atoms with Crippen LogP contribution >= 0.6 is 0 Å². The van der Waals surface area contributed by atoms with Gasteiger partial charge in [0.1, 0.15) is 11.5 Å². The maximum atomic E-state index is 13.1. The quantitative estimate of drug-likeness (QED) is 0.546. The van der Waals surface area contributed by atoms with Gasteiger partial charge in [-0.15, -0.1) is 0 Å². The van der Waals surface area contributed by atoms with Gasteiger partial charge in [-0.2, -0.15) is 5.10 Å². The van der Waals surface area contributed by atoms with Gasteiger partial charge in [0.15, 0.2) is 0 Å². The normalized spacial score (nSPS) is 11.0. The second kappa shape index (κ2) is 7.79. The third-order valence-corrected chi connectivity index (χ3v) is 5.02. The number of aromatic nitrogens is 4. The molecule has 2 aromatic heterocycles. The molecule has 0 bridgehead atoms. The van der Waals surface area contributed by atoms with Crippen molar-refractivity contribution in [2.45, 2.75) is 19.9 Å². The predicted octanol–water partition coefficient (Wildman–Crippen LogP) is 3.35. The summed E-state index contributed by atoms with van der Waals surface area (Å²) in [6.45, 7) is 2.46. The van der Waals surface area contributed by atoms with Gasteiger partial charge in [0, 0.05) is 23.9 Å². The Bertz CT molecular complexity index is 1200. The van der Waals surface area contributed by atoms with Crippen LogP contribution < -0.4 is 15.0 Å². The van der Waals surface area contributed by atoms with Crippen LogP contribution in [-0.2, 0) is 13.0 Å². The van der Waals surface area contributed by atoms with Gasteiger partial charge in [0.05, 0.1) is 37.6 Å². The zero-order valence-corrected chi connectivity index (χ0v) is 16.6. The molecule has 4 rings (SSSR count). The first kappa shape index (κ1) is 18.7. The van der Waals surface area contributed by atoms with Crippen molar-refractivity contribution in [3.05, 3.63) is 70.5 Å². The summed E-state index contributed by atoms with van der Waals surface area (Å²) in [6, 6.07) is 11.4. The first-order valence-corrected chi connectivity index (χ1v) is 9.30. The highest BCUT2D eigenvalue weighted by Gasteiger charge is 2.10. The lowest BCUT2D eigenvalue weighted by Crippen LogP contribution is -2.21. The number of ether oxygens (including phenoxy) is 2. The van der Waals surface area contributed by atoms with Gasteiger partial charge >= 0.3 is 0 Å². The summed E-state index contributed by atoms with van der Waals surface area (Å²) in [6.07, 6.45) is 4.02. The molecule has 7 heteroatoms. The van der Waals surface area contributed by atoms with Crippen LogP contribution in [0.1, 0.15) is 11.3 Å². The Labute approximate surface area is 167 Å². The van der Waals surface area contributed by atoms with E-state index in [4.69, 9.17) is 9.47 Å². The van der Waals surface area contributed by atoms with E-state index in [-0.39, 0.29) is 5.56 Å². The summed E-state index contributed by atoms with van der Waals surface area (Å²) in [4.78, 5) is 17.5. The number of hydrogen-bond donors (Lipinski definition) is 1. The summed E-state index contributed by atoms with van der Waals surface area (Å²) >= 11 is 0. The minimum atomic E-state index is -0.0622. The number of H-pyrrole nitrogens is 1. The van der Waals surface area contributed by atoms with E-state index in [9.17, 15) is 4.79 Å². The number of fused-ring (bicyclic) bond motifs is 1. The smallest absolute Gasteiger partial charge is 0.261 e. The van der Waals surface area contributed by atoms with Crippen molar-refractivity contribution in [3.8, 4) is 22.6 Å². The van der Waals surface area contributed by atoms with Crippen molar-refractivity contribution < 1.29 is 9.47 Å². The van der Waals surface area contributed by atoms with E-state index in [2.05, 4.69) is 15.2 Å². The maximum absolute atomic E-state index is 13.1. The fourth-order valence-corrected chi connectivity index (χ4v) is 3.39. The minimum Gasteiger partial charge on any atom is -0.497 e. The van der Waals surface area contributed by atoms with Crippen LogP contribution in [0.25, 0.3) is 22.0 Å². The largest absolute Gasteiger partial charge is 0.497 e. The van der Waals surface area contributed by atoms with Gasteiger partial charge in [-0.3, -0.25) is 14.5 Å². The topological polar surface area (TPSA) is 82.0 Å². The molecule has 0 radical (unpaired) electrons. The van der Waals surface area contributed by atoms with E-state index in [1.807, 2.05) is 43.3 Å². The molecule has 0 unspecified atom stereocenters. The van der Waals surface area contributed by atoms with Gasteiger partial charge in [-0.25, -0.2) is 4.98 Å². The molecule has 2 aromatic carbocycles. The Morgan fingerprint density at radius 1 is 1.07 bits per heavy atom. The molecule has 0 aliphatic rings. The van der Waals surface area contributed by atoms with E-state index < -0.39 is 0 Å². The first-order chi connectivity index (χ1) is 14.1. The molecule has 0 saturated heterocycles. The minimum absolute atomic E-state index is 0.0622. The van der Waals surface area contributed by atoms with Gasteiger partial charge in [0.25, 0.3) is 5.56 Å². The summed E-state index contributed by atoms with van der Waals surface area (Å²) in [5.41, 5.74) is 4.52. The highest BCUT2D eigenvalue weighted by atomic mass is 16.5. The lowest BCUT2D eigenvalue weighted by molar-refractivity contribution is 0.393. The van der Waals surface area contributed by atoms with Crippen LogP contribution in [-0.4, -0.2) is 34.0 Å². The van der Waals surface area contributed by atoms with E-state index >= 15 is 0 Å². The average Bonchev–Trinajstić information content (AvgIpc) is 3.18. The number of rotatable bonds is 6. The Morgan fingerprint density at radius 2 is 1.83 bits per heavy atom. The predicted molar refractivity (Wildman–Crippen MR) is 112 cm³/mol. The van der Waals surface area contributed by atoms with Gasteiger partial charge in [-0.1, -0.05) is 6.07 Å². The van der Waals surface area contributed by atoms with Crippen LogP contribution in [0.3, 0.4) is 0 Å². The standard InChI is InChI=1S/C22H22N4O3/c1-14-20(12-24-25-14)16-4-5-21-19(10-16)22(27)26(13-23-21)7-6-15-8-17(28-2)11-18(9-15)29-3/h4-5,8-13H,6-7H2,1-3H3,(H,24,25). The molecule has 0 spiro atoms. The van der Waals surface area contributed by atoms with Crippen molar-refractivity contribution >= 4 is 10.9 Å². The van der Waals surface area contributed by atoms with Crippen LogP contribution in [0.15, 0.2) is 53.7 Å². The maximum Gasteiger partial charge on any atom is 0.261 e. The number of benzene rings is 2. The molecule has 148 valence electrons. The van der Waals surface area contributed by atoms with Crippen LogP contribution in [0.5, 0.6) is 11.5 Å². The van der Waals surface area contributed by atoms with Crippen molar-refractivity contribution in [1.82, 2.24) is 19.7 Å². The molecule has 4 aromatic rings. The monoisotopic (exact) mass is 390 g/mol. The van der Waals surface area contributed by atoms with Crippen LogP contribution in [0, 0.1) is 6.92 Å². The molecule has 0 aliphatic heterocycles. The lowest BCUT2D eigenvalue weighted by Gasteiger charge is -2.10. The van der Waals surface area contributed by atoms with Gasteiger partial charge < -0.3 is 9.47 Å². The number of aromatic amines is 1. The van der Waals surface area contributed by atoms with Gasteiger partial charge in [0.2, 0.25) is 0 Å². The lowest BCUT2D eigenvalue weighted by atomic mass is 10.0. The van der Waals surface area contributed by atoms with Gasteiger partial charge in [-0.05, 0) is 48.7 Å². The third kappa shape index (κ3) is 3.71. The van der Waals surface area contributed by atoms with E-state index in [0.29, 0.717) is 23.9 Å². The zero-order valence-electron chi connectivity index (χ0n) is 16.6. The van der Waals surface area contributed by atoms with Crippen molar-refractivity contribution in [3.63, 3.8) is 0 Å². The fraction of sp³-hybridized carbons (Fsp3) is 0.227.